The lowest BCUT2D eigenvalue weighted by Gasteiger charge is -2.08. The van der Waals surface area contributed by atoms with E-state index in [1.165, 1.54) is 38.5 Å². The molecule has 1 aliphatic heterocycles. The Kier molecular flexibility index (Phi) is 8.71. The summed E-state index contributed by atoms with van der Waals surface area (Å²) in [6.45, 7) is 2.21. The molecule has 0 radical (unpaired) electrons. The van der Waals surface area contributed by atoms with Crippen molar-refractivity contribution in [2.45, 2.75) is 83.7 Å². The van der Waals surface area contributed by atoms with E-state index in [2.05, 4.69) is 12.2 Å². The fraction of sp³-hybridized carbons (Fsp3) is 0.812. The quantitative estimate of drug-likeness (QED) is 0.361. The van der Waals surface area contributed by atoms with E-state index in [0.29, 0.717) is 6.42 Å². The van der Waals surface area contributed by atoms with Gasteiger partial charge in [0.2, 0.25) is 5.91 Å². The van der Waals surface area contributed by atoms with Gasteiger partial charge in [-0.3, -0.25) is 19.7 Å². The molecule has 1 heterocycles. The molecule has 1 aliphatic rings. The van der Waals surface area contributed by atoms with Crippen LogP contribution in [0.5, 0.6) is 0 Å². The number of rotatable bonds is 11. The number of carbonyl (C=O) groups excluding carboxylic acids is 3. The van der Waals surface area contributed by atoms with Gasteiger partial charge in [0.1, 0.15) is 0 Å². The molecule has 0 spiro atoms. The minimum Gasteiger partial charge on any atom is -0.452 e. The van der Waals surface area contributed by atoms with Crippen molar-refractivity contribution in [3.05, 3.63) is 0 Å². The summed E-state index contributed by atoms with van der Waals surface area (Å²) in [7, 11) is 0. The SMILES string of the molecule is CCCCCCCCCCCC(=O)OC1CC(=O)NC1=O. The summed E-state index contributed by atoms with van der Waals surface area (Å²) in [5, 5.41) is 2.12. The Bertz CT molecular complexity index is 354. The first kappa shape index (κ1) is 17.7. The Labute approximate surface area is 126 Å². The molecule has 0 bridgehead atoms. The molecule has 1 fully saturated rings. The fourth-order valence-corrected chi connectivity index (χ4v) is 2.42. The van der Waals surface area contributed by atoms with Gasteiger partial charge in [0.15, 0.2) is 6.10 Å². The number of ether oxygens (including phenoxy) is 1. The molecule has 120 valence electrons. The molecule has 1 N–H and O–H groups in total. The normalized spacial score (nSPS) is 17.9. The molecular formula is C16H27NO4. The van der Waals surface area contributed by atoms with Crippen molar-refractivity contribution in [1.82, 2.24) is 5.32 Å². The van der Waals surface area contributed by atoms with Crippen LogP contribution in [0.3, 0.4) is 0 Å². The van der Waals surface area contributed by atoms with Gasteiger partial charge in [-0.2, -0.15) is 0 Å². The molecule has 21 heavy (non-hydrogen) atoms. The Balaban J connectivity index is 1.94. The van der Waals surface area contributed by atoms with Gasteiger partial charge in [-0.1, -0.05) is 58.3 Å². The molecular weight excluding hydrogens is 270 g/mol. The minimum absolute atomic E-state index is 0.0394. The van der Waals surface area contributed by atoms with Crippen molar-refractivity contribution in [2.75, 3.05) is 0 Å². The fourth-order valence-electron chi connectivity index (χ4n) is 2.42. The topological polar surface area (TPSA) is 72.5 Å². The lowest BCUT2D eigenvalue weighted by molar-refractivity contribution is -0.154. The van der Waals surface area contributed by atoms with Crippen molar-refractivity contribution < 1.29 is 19.1 Å². The van der Waals surface area contributed by atoms with E-state index < -0.39 is 12.0 Å². The van der Waals surface area contributed by atoms with Crippen molar-refractivity contribution in [3.63, 3.8) is 0 Å². The van der Waals surface area contributed by atoms with Crippen molar-refractivity contribution in [3.8, 4) is 0 Å². The maximum absolute atomic E-state index is 11.5. The van der Waals surface area contributed by atoms with Crippen molar-refractivity contribution in [1.29, 1.82) is 0 Å². The van der Waals surface area contributed by atoms with Gasteiger partial charge < -0.3 is 4.74 Å². The number of nitrogens with one attached hydrogen (secondary N) is 1. The van der Waals surface area contributed by atoms with E-state index in [-0.39, 0.29) is 18.3 Å². The molecule has 1 atom stereocenters. The second-order valence-electron chi connectivity index (χ2n) is 5.67. The summed E-state index contributed by atoms with van der Waals surface area (Å²) in [6.07, 6.45) is 10.0. The molecule has 1 unspecified atom stereocenters. The van der Waals surface area contributed by atoms with Crippen LogP contribution < -0.4 is 5.32 Å². The molecule has 1 saturated heterocycles. The van der Waals surface area contributed by atoms with Crippen molar-refractivity contribution >= 4 is 17.8 Å². The average molecular weight is 297 g/mol. The first-order valence-electron chi connectivity index (χ1n) is 8.16. The zero-order chi connectivity index (χ0) is 15.5. The number of hydrogen-bond acceptors (Lipinski definition) is 4. The second-order valence-corrected chi connectivity index (χ2v) is 5.67. The number of esters is 1. The van der Waals surface area contributed by atoms with E-state index in [9.17, 15) is 14.4 Å². The third-order valence-corrected chi connectivity index (χ3v) is 3.68. The highest BCUT2D eigenvalue weighted by Crippen LogP contribution is 2.12. The van der Waals surface area contributed by atoms with Crippen LogP contribution in [0.25, 0.3) is 0 Å². The molecule has 5 nitrogen and oxygen atoms in total. The van der Waals surface area contributed by atoms with Gasteiger partial charge >= 0.3 is 5.97 Å². The van der Waals surface area contributed by atoms with Gasteiger partial charge in [0.25, 0.3) is 5.91 Å². The third-order valence-electron chi connectivity index (χ3n) is 3.68. The second kappa shape index (κ2) is 10.4. The molecule has 2 amide bonds. The number of hydrogen-bond donors (Lipinski definition) is 1. The van der Waals surface area contributed by atoms with Crippen LogP contribution in [-0.4, -0.2) is 23.9 Å². The van der Waals surface area contributed by atoms with Gasteiger partial charge in [0.05, 0.1) is 6.42 Å². The lowest BCUT2D eigenvalue weighted by Crippen LogP contribution is -2.28. The van der Waals surface area contributed by atoms with E-state index in [0.717, 1.165) is 19.3 Å². The van der Waals surface area contributed by atoms with Gasteiger partial charge in [-0.25, -0.2) is 0 Å². The Morgan fingerprint density at radius 3 is 2.14 bits per heavy atom. The zero-order valence-corrected chi connectivity index (χ0v) is 13.0. The van der Waals surface area contributed by atoms with Crippen LogP contribution in [-0.2, 0) is 19.1 Å². The maximum Gasteiger partial charge on any atom is 0.306 e. The molecule has 0 aromatic carbocycles. The monoisotopic (exact) mass is 297 g/mol. The number of unbranched alkanes of at least 4 members (excludes halogenated alkanes) is 8. The maximum atomic E-state index is 11.5. The van der Waals surface area contributed by atoms with Gasteiger partial charge in [0, 0.05) is 6.42 Å². The highest BCUT2D eigenvalue weighted by atomic mass is 16.5. The number of amides is 2. The molecule has 0 aromatic rings. The standard InChI is InChI=1S/C16H27NO4/c1-2-3-4-5-6-7-8-9-10-11-15(19)21-13-12-14(18)17-16(13)20/h13H,2-12H2,1H3,(H,17,18,20). The molecule has 0 aromatic heterocycles. The summed E-state index contributed by atoms with van der Waals surface area (Å²) in [5.74, 6) is -1.26. The first-order chi connectivity index (χ1) is 10.1. The van der Waals surface area contributed by atoms with Crippen LogP contribution in [0.15, 0.2) is 0 Å². The van der Waals surface area contributed by atoms with Crippen LogP contribution in [0.4, 0.5) is 0 Å². The predicted molar refractivity (Wildman–Crippen MR) is 79.5 cm³/mol. The largest absolute Gasteiger partial charge is 0.452 e. The van der Waals surface area contributed by atoms with Crippen LogP contribution in [0, 0.1) is 0 Å². The van der Waals surface area contributed by atoms with Crippen LogP contribution >= 0.6 is 0 Å². The van der Waals surface area contributed by atoms with E-state index >= 15 is 0 Å². The summed E-state index contributed by atoms with van der Waals surface area (Å²) >= 11 is 0. The first-order valence-corrected chi connectivity index (χ1v) is 8.16. The van der Waals surface area contributed by atoms with Gasteiger partial charge in [-0.15, -0.1) is 0 Å². The number of carbonyl (C=O) groups is 3. The van der Waals surface area contributed by atoms with Crippen LogP contribution in [0.1, 0.15) is 77.6 Å². The van der Waals surface area contributed by atoms with Gasteiger partial charge in [-0.05, 0) is 6.42 Å². The summed E-state index contributed by atoms with van der Waals surface area (Å²) in [6, 6.07) is 0. The highest BCUT2D eigenvalue weighted by Gasteiger charge is 2.33. The third kappa shape index (κ3) is 7.83. The molecule has 0 saturated carbocycles. The average Bonchev–Trinajstić information content (AvgIpc) is 2.75. The van der Waals surface area contributed by atoms with Crippen molar-refractivity contribution in [2.24, 2.45) is 0 Å². The van der Waals surface area contributed by atoms with E-state index in [1.807, 2.05) is 0 Å². The highest BCUT2D eigenvalue weighted by molar-refractivity contribution is 6.05. The lowest BCUT2D eigenvalue weighted by atomic mass is 10.1. The van der Waals surface area contributed by atoms with E-state index in [1.54, 1.807) is 0 Å². The Morgan fingerprint density at radius 1 is 1.05 bits per heavy atom. The molecule has 0 aliphatic carbocycles. The van der Waals surface area contributed by atoms with Crippen LogP contribution in [0.2, 0.25) is 0 Å². The minimum atomic E-state index is -0.913. The smallest absolute Gasteiger partial charge is 0.306 e. The summed E-state index contributed by atoms with van der Waals surface area (Å²) < 4.78 is 4.99. The summed E-state index contributed by atoms with van der Waals surface area (Å²) in [4.78, 5) is 33.7. The zero-order valence-electron chi connectivity index (χ0n) is 13.0. The predicted octanol–water partition coefficient (Wildman–Crippen LogP) is 2.87. The molecule has 5 heteroatoms. The number of imide groups is 1. The Morgan fingerprint density at radius 2 is 1.62 bits per heavy atom. The summed E-state index contributed by atoms with van der Waals surface area (Å²) in [5.41, 5.74) is 0. The Hall–Kier alpha value is -1.39. The van der Waals surface area contributed by atoms with E-state index in [4.69, 9.17) is 4.74 Å². The molecule has 1 rings (SSSR count).